The van der Waals surface area contributed by atoms with Crippen molar-refractivity contribution in [2.45, 2.75) is 25.4 Å². The Balaban J connectivity index is 2.13. The van der Waals surface area contributed by atoms with Crippen LogP contribution >= 0.6 is 0 Å². The Morgan fingerprint density at radius 2 is 1.16 bits per heavy atom. The van der Waals surface area contributed by atoms with Gasteiger partial charge in [-0.05, 0) is 12.0 Å². The van der Waals surface area contributed by atoms with E-state index in [-0.39, 0.29) is 97.1 Å². The molecule has 43 heavy (non-hydrogen) atoms. The van der Waals surface area contributed by atoms with Crippen molar-refractivity contribution in [3.63, 3.8) is 0 Å². The zero-order valence-electron chi connectivity index (χ0n) is 23.7. The van der Waals surface area contributed by atoms with Gasteiger partial charge in [-0.25, -0.2) is 0 Å². The lowest BCUT2D eigenvalue weighted by atomic mass is 10.1. The Labute approximate surface area is 247 Å². The minimum Gasteiger partial charge on any atom is -0.480 e. The number of nitro benzene ring substituents is 1. The zero-order chi connectivity index (χ0) is 31.9. The van der Waals surface area contributed by atoms with Gasteiger partial charge in [0.1, 0.15) is 6.04 Å². The lowest BCUT2D eigenvalue weighted by Gasteiger charge is -2.35. The number of rotatable bonds is 14. The maximum Gasteiger partial charge on any atom is 0.320 e. The van der Waals surface area contributed by atoms with Gasteiger partial charge >= 0.3 is 23.9 Å². The van der Waals surface area contributed by atoms with Gasteiger partial charge < -0.3 is 25.7 Å². The summed E-state index contributed by atoms with van der Waals surface area (Å²) in [4.78, 5) is 75.7. The minimum atomic E-state index is -1.20. The molecule has 17 heteroatoms. The van der Waals surface area contributed by atoms with Crippen LogP contribution in [0.1, 0.15) is 18.4 Å². The number of carbonyl (C=O) groups excluding carboxylic acids is 1. The van der Waals surface area contributed by atoms with Gasteiger partial charge in [0.15, 0.2) is 0 Å². The lowest BCUT2D eigenvalue weighted by Crippen LogP contribution is -2.52. The second kappa shape index (κ2) is 17.7. The predicted molar refractivity (Wildman–Crippen MR) is 149 cm³/mol. The molecule has 1 heterocycles. The molecule has 2 rings (SSSR count). The molecule has 1 amide bonds. The summed E-state index contributed by atoms with van der Waals surface area (Å²) in [7, 11) is 0. The van der Waals surface area contributed by atoms with Crippen LogP contribution in [0.4, 0.5) is 5.69 Å². The number of aliphatic carboxylic acids is 4. The highest BCUT2D eigenvalue weighted by molar-refractivity contribution is 5.78. The quantitative estimate of drug-likeness (QED) is 0.124. The van der Waals surface area contributed by atoms with Crippen LogP contribution < -0.4 is 5.32 Å². The average Bonchev–Trinajstić information content (AvgIpc) is 2.92. The van der Waals surface area contributed by atoms with Gasteiger partial charge in [-0.3, -0.25) is 53.7 Å². The first-order valence-electron chi connectivity index (χ1n) is 13.6. The Morgan fingerprint density at radius 1 is 0.744 bits per heavy atom. The van der Waals surface area contributed by atoms with Gasteiger partial charge in [-0.1, -0.05) is 12.1 Å². The van der Waals surface area contributed by atoms with E-state index in [4.69, 9.17) is 0 Å². The number of amides is 1. The Hall–Kier alpha value is -4.19. The first kappa shape index (κ1) is 35.0. The number of nitrogens with zero attached hydrogens (tertiary/aromatic N) is 5. The monoisotopic (exact) mass is 610 g/mol. The van der Waals surface area contributed by atoms with Crippen molar-refractivity contribution in [3.05, 3.63) is 39.9 Å². The van der Waals surface area contributed by atoms with Gasteiger partial charge in [-0.15, -0.1) is 0 Å². The molecule has 1 aromatic rings. The molecular weight excluding hydrogens is 572 g/mol. The summed E-state index contributed by atoms with van der Waals surface area (Å²) in [6, 6.07) is 4.49. The normalized spacial score (nSPS) is 17.2. The van der Waals surface area contributed by atoms with Crippen molar-refractivity contribution < 1.29 is 49.3 Å². The number of non-ortho nitro benzene ring substituents is 1. The molecule has 1 atom stereocenters. The van der Waals surface area contributed by atoms with Crippen LogP contribution in [-0.4, -0.2) is 153 Å². The molecule has 1 aromatic carbocycles. The van der Waals surface area contributed by atoms with Crippen LogP contribution in [0, 0.1) is 10.1 Å². The van der Waals surface area contributed by atoms with Crippen molar-refractivity contribution in [3.8, 4) is 0 Å². The first-order chi connectivity index (χ1) is 20.3. The predicted octanol–water partition coefficient (Wildman–Crippen LogP) is -1.08. The topological polar surface area (TPSA) is 234 Å². The Morgan fingerprint density at radius 3 is 1.53 bits per heavy atom. The van der Waals surface area contributed by atoms with Crippen LogP contribution in [-0.2, 0) is 30.5 Å². The number of hydrogen-bond donors (Lipinski definition) is 5. The molecule has 0 aromatic heterocycles. The van der Waals surface area contributed by atoms with Gasteiger partial charge in [0.05, 0.1) is 24.6 Å². The van der Waals surface area contributed by atoms with Crippen LogP contribution in [0.15, 0.2) is 24.3 Å². The van der Waals surface area contributed by atoms with Crippen LogP contribution in [0.3, 0.4) is 0 Å². The van der Waals surface area contributed by atoms with E-state index in [9.17, 15) is 54.5 Å². The molecule has 0 saturated carbocycles. The van der Waals surface area contributed by atoms with Crippen molar-refractivity contribution in [1.82, 2.24) is 24.9 Å². The minimum absolute atomic E-state index is 0.0777. The molecule has 1 fully saturated rings. The first-order valence-corrected chi connectivity index (χ1v) is 13.6. The molecule has 1 saturated heterocycles. The fourth-order valence-corrected chi connectivity index (χ4v) is 4.67. The highest BCUT2D eigenvalue weighted by Gasteiger charge is 2.28. The number of nitro groups is 1. The highest BCUT2D eigenvalue weighted by Crippen LogP contribution is 2.13. The molecule has 0 spiro atoms. The molecule has 5 N–H and O–H groups in total. The molecule has 1 aliphatic heterocycles. The van der Waals surface area contributed by atoms with E-state index in [1.54, 1.807) is 19.6 Å². The van der Waals surface area contributed by atoms with E-state index in [2.05, 4.69) is 5.32 Å². The summed E-state index contributed by atoms with van der Waals surface area (Å²) in [6.07, 6.45) is -0.228. The molecule has 0 radical (unpaired) electrons. The number of carboxylic acid groups (broad SMARTS) is 4. The second-order valence-electron chi connectivity index (χ2n) is 10.1. The molecule has 1 aliphatic rings. The summed E-state index contributed by atoms with van der Waals surface area (Å²) in [5.74, 6) is -4.91. The van der Waals surface area contributed by atoms with Crippen molar-refractivity contribution in [2.24, 2.45) is 0 Å². The molecule has 17 nitrogen and oxygen atoms in total. The Kier molecular flexibility index (Phi) is 14.4. The number of benzene rings is 1. The maximum absolute atomic E-state index is 12.5. The van der Waals surface area contributed by atoms with Crippen molar-refractivity contribution in [2.75, 3.05) is 72.0 Å². The summed E-state index contributed by atoms with van der Waals surface area (Å²) < 4.78 is 0. The van der Waals surface area contributed by atoms with Crippen molar-refractivity contribution in [1.29, 1.82) is 0 Å². The third kappa shape index (κ3) is 13.6. The summed E-state index contributed by atoms with van der Waals surface area (Å²) in [5, 5.41) is 51.5. The number of nitrogens with one attached hydrogen (secondary N) is 1. The summed E-state index contributed by atoms with van der Waals surface area (Å²) in [6.45, 7) is 0.380. The van der Waals surface area contributed by atoms with Gasteiger partial charge in [0.2, 0.25) is 5.91 Å². The van der Waals surface area contributed by atoms with E-state index < -0.39 is 40.7 Å². The number of hydrogen-bond acceptors (Lipinski definition) is 11. The average molecular weight is 611 g/mol. The van der Waals surface area contributed by atoms with E-state index in [1.807, 2.05) is 0 Å². The second-order valence-corrected chi connectivity index (χ2v) is 10.1. The van der Waals surface area contributed by atoms with E-state index >= 15 is 0 Å². The van der Waals surface area contributed by atoms with Gasteiger partial charge in [0.25, 0.3) is 5.69 Å². The fraction of sp³-hybridized carbons (Fsp3) is 0.577. The molecular formula is C26H38N6O11. The van der Waals surface area contributed by atoms with Gasteiger partial charge in [0, 0.05) is 77.5 Å². The van der Waals surface area contributed by atoms with Crippen molar-refractivity contribution >= 4 is 35.5 Å². The number of carboxylic acids is 4. The standard InChI is InChI=1S/C26H38N6O11/c33-22(27-15-19-1-3-20(4-2-19)32(42)43)6-5-21(26(40)41)31-13-11-29(17-24(36)37)9-7-28(16-23(34)35)8-10-30(12-14-31)18-25(38)39/h1-4,21H,5-18H2,(H,27,33)(H,34,35)(H,36,37)(H,38,39)(H,40,41). The fourth-order valence-electron chi connectivity index (χ4n) is 4.67. The van der Waals surface area contributed by atoms with E-state index in [0.717, 1.165) is 0 Å². The SMILES string of the molecule is O=C(O)CN1CCN(CC(=O)O)CCN(C(CCC(=O)NCc2ccc([N+](=O)[O-])cc2)C(=O)O)CCN(CC(=O)O)CC1. The summed E-state index contributed by atoms with van der Waals surface area (Å²) >= 11 is 0. The third-order valence-corrected chi connectivity index (χ3v) is 6.96. The van der Waals surface area contributed by atoms with Gasteiger partial charge in [-0.2, -0.15) is 0 Å². The van der Waals surface area contributed by atoms with Crippen LogP contribution in [0.5, 0.6) is 0 Å². The molecule has 0 bridgehead atoms. The zero-order valence-corrected chi connectivity index (χ0v) is 23.7. The lowest BCUT2D eigenvalue weighted by molar-refractivity contribution is -0.384. The van der Waals surface area contributed by atoms with Crippen LogP contribution in [0.25, 0.3) is 0 Å². The van der Waals surface area contributed by atoms with E-state index in [0.29, 0.717) is 5.56 Å². The Bertz CT molecular complexity index is 1100. The summed E-state index contributed by atoms with van der Waals surface area (Å²) in [5.41, 5.74) is 0.530. The largest absolute Gasteiger partial charge is 0.480 e. The maximum atomic E-state index is 12.5. The van der Waals surface area contributed by atoms with Crippen LogP contribution in [0.2, 0.25) is 0 Å². The number of carbonyl (C=O) groups is 5. The molecule has 0 aliphatic carbocycles. The smallest absolute Gasteiger partial charge is 0.320 e. The van der Waals surface area contributed by atoms with E-state index in [1.165, 1.54) is 24.3 Å². The highest BCUT2D eigenvalue weighted by atomic mass is 16.6. The molecule has 238 valence electrons. The molecule has 1 unspecified atom stereocenters. The third-order valence-electron chi connectivity index (χ3n) is 6.96.